The lowest BCUT2D eigenvalue weighted by molar-refractivity contribution is 0.0386. The minimum Gasteiger partial charge on any atom is -0.486 e. The second-order valence-corrected chi connectivity index (χ2v) is 5.14. The zero-order valence-corrected chi connectivity index (χ0v) is 10.1. The molecule has 1 aromatic carbocycles. The fraction of sp³-hybridized carbons (Fsp3) is 0.467. The summed E-state index contributed by atoms with van der Waals surface area (Å²) in [7, 11) is 0. The molecule has 0 amide bonds. The predicted molar refractivity (Wildman–Crippen MR) is 69.0 cm³/mol. The molecule has 1 aliphatic heterocycles. The largest absolute Gasteiger partial charge is 0.486 e. The summed E-state index contributed by atoms with van der Waals surface area (Å²) in [4.78, 5) is 0. The van der Waals surface area contributed by atoms with Crippen LogP contribution in [-0.2, 0) is 0 Å². The van der Waals surface area contributed by atoms with E-state index in [4.69, 9.17) is 10.5 Å². The first-order valence-electron chi connectivity index (χ1n) is 6.50. The van der Waals surface area contributed by atoms with Crippen LogP contribution in [0, 0.1) is 0 Å². The molecule has 2 unspecified atom stereocenters. The van der Waals surface area contributed by atoms with Gasteiger partial charge in [-0.15, -0.1) is 0 Å². The summed E-state index contributed by atoms with van der Waals surface area (Å²) in [6.45, 7) is 0. The highest BCUT2D eigenvalue weighted by atomic mass is 16.5. The minimum absolute atomic E-state index is 0.0161. The van der Waals surface area contributed by atoms with Crippen LogP contribution >= 0.6 is 0 Å². The van der Waals surface area contributed by atoms with Crippen molar-refractivity contribution in [2.45, 2.75) is 43.6 Å². The van der Waals surface area contributed by atoms with E-state index in [0.29, 0.717) is 5.92 Å². The number of hydrogen-bond donors (Lipinski definition) is 1. The van der Waals surface area contributed by atoms with Crippen molar-refractivity contribution in [3.8, 4) is 5.75 Å². The average molecular weight is 229 g/mol. The number of rotatable bonds is 2. The first-order valence-corrected chi connectivity index (χ1v) is 6.50. The van der Waals surface area contributed by atoms with Gasteiger partial charge in [0.1, 0.15) is 11.4 Å². The van der Waals surface area contributed by atoms with E-state index < -0.39 is 0 Å². The monoisotopic (exact) mass is 229 g/mol. The number of nitrogens with two attached hydrogens (primary N) is 1. The number of fused-ring (bicyclic) bond motifs is 3. The first-order chi connectivity index (χ1) is 8.36. The van der Waals surface area contributed by atoms with Crippen molar-refractivity contribution in [1.29, 1.82) is 0 Å². The van der Waals surface area contributed by atoms with E-state index in [1.807, 2.05) is 6.08 Å². The minimum atomic E-state index is -0.0161. The highest BCUT2D eigenvalue weighted by Gasteiger charge is 2.48. The maximum atomic E-state index is 6.29. The third-order valence-corrected chi connectivity index (χ3v) is 4.18. The molecule has 0 spiro atoms. The van der Waals surface area contributed by atoms with E-state index in [1.165, 1.54) is 24.8 Å². The van der Waals surface area contributed by atoms with E-state index in [-0.39, 0.29) is 5.60 Å². The van der Waals surface area contributed by atoms with Gasteiger partial charge in [-0.05, 0) is 31.5 Å². The molecule has 2 nitrogen and oxygen atoms in total. The fourth-order valence-electron chi connectivity index (χ4n) is 3.40. The molecule has 0 radical (unpaired) electrons. The summed E-state index contributed by atoms with van der Waals surface area (Å²) in [5, 5.41) is 0. The summed E-state index contributed by atoms with van der Waals surface area (Å²) in [6, 6.07) is 8.50. The Morgan fingerprint density at radius 3 is 3.12 bits per heavy atom. The highest BCUT2D eigenvalue weighted by molar-refractivity contribution is 5.43. The first kappa shape index (κ1) is 10.7. The number of ether oxygens (including phenoxy) is 1. The summed E-state index contributed by atoms with van der Waals surface area (Å²) in [5.41, 5.74) is 6.88. The van der Waals surface area contributed by atoms with Gasteiger partial charge in [0.05, 0.1) is 0 Å². The Morgan fingerprint density at radius 2 is 2.24 bits per heavy atom. The zero-order valence-electron chi connectivity index (χ0n) is 10.1. The molecule has 0 aromatic heterocycles. The summed E-state index contributed by atoms with van der Waals surface area (Å²) >= 11 is 0. The van der Waals surface area contributed by atoms with Crippen LogP contribution in [0.1, 0.15) is 43.6 Å². The Hall–Kier alpha value is -1.44. The maximum absolute atomic E-state index is 6.29. The Labute approximate surface area is 102 Å². The molecular formula is C15H19NO. The van der Waals surface area contributed by atoms with Gasteiger partial charge in [0.15, 0.2) is 0 Å². The van der Waals surface area contributed by atoms with Crippen LogP contribution in [0.4, 0.5) is 0 Å². The van der Waals surface area contributed by atoms with Gasteiger partial charge in [0.2, 0.25) is 0 Å². The zero-order chi connectivity index (χ0) is 11.7. The van der Waals surface area contributed by atoms with Gasteiger partial charge in [-0.3, -0.25) is 0 Å². The number of hydrogen-bond acceptors (Lipinski definition) is 2. The molecule has 0 saturated heterocycles. The summed E-state index contributed by atoms with van der Waals surface area (Å²) in [5.74, 6) is 1.65. The predicted octanol–water partition coefficient (Wildman–Crippen LogP) is 3.34. The average Bonchev–Trinajstić information content (AvgIpc) is 2.71. The van der Waals surface area contributed by atoms with Crippen LogP contribution < -0.4 is 10.5 Å². The van der Waals surface area contributed by atoms with Crippen molar-refractivity contribution in [2.75, 3.05) is 0 Å². The topological polar surface area (TPSA) is 35.2 Å². The van der Waals surface area contributed by atoms with Gasteiger partial charge in [-0.25, -0.2) is 0 Å². The Morgan fingerprint density at radius 1 is 1.35 bits per heavy atom. The quantitative estimate of drug-likeness (QED) is 0.844. The van der Waals surface area contributed by atoms with E-state index in [1.54, 1.807) is 6.20 Å². The molecule has 2 heteroatoms. The van der Waals surface area contributed by atoms with Gasteiger partial charge in [0, 0.05) is 17.9 Å². The number of benzene rings is 1. The molecule has 2 aliphatic rings. The molecule has 0 bridgehead atoms. The van der Waals surface area contributed by atoms with E-state index in [2.05, 4.69) is 24.3 Å². The van der Waals surface area contributed by atoms with Crippen molar-refractivity contribution in [3.05, 3.63) is 42.1 Å². The van der Waals surface area contributed by atoms with Crippen molar-refractivity contribution in [3.63, 3.8) is 0 Å². The third kappa shape index (κ3) is 1.63. The van der Waals surface area contributed by atoms with Crippen LogP contribution in [-0.4, -0.2) is 5.60 Å². The molecule has 1 aliphatic carbocycles. The number of para-hydroxylation sites is 1. The highest BCUT2D eigenvalue weighted by Crippen LogP contribution is 2.53. The summed E-state index contributed by atoms with van der Waals surface area (Å²) in [6.07, 6.45) is 9.60. The molecule has 17 heavy (non-hydrogen) atoms. The van der Waals surface area contributed by atoms with Gasteiger partial charge in [-0.2, -0.15) is 0 Å². The maximum Gasteiger partial charge on any atom is 0.123 e. The van der Waals surface area contributed by atoms with Gasteiger partial charge < -0.3 is 10.5 Å². The molecule has 2 N–H and O–H groups in total. The smallest absolute Gasteiger partial charge is 0.123 e. The fourth-order valence-corrected chi connectivity index (χ4v) is 3.40. The molecule has 1 heterocycles. The van der Waals surface area contributed by atoms with Crippen molar-refractivity contribution in [2.24, 2.45) is 5.73 Å². The van der Waals surface area contributed by atoms with E-state index in [0.717, 1.165) is 18.6 Å². The molecule has 1 aromatic rings. The third-order valence-electron chi connectivity index (χ3n) is 4.18. The molecule has 1 saturated carbocycles. The lowest BCUT2D eigenvalue weighted by Crippen LogP contribution is -2.40. The van der Waals surface area contributed by atoms with Gasteiger partial charge in [-0.1, -0.05) is 30.7 Å². The summed E-state index contributed by atoms with van der Waals surface area (Å²) < 4.78 is 6.29. The van der Waals surface area contributed by atoms with Crippen LogP contribution in [0.25, 0.3) is 0 Å². The van der Waals surface area contributed by atoms with Crippen molar-refractivity contribution >= 4 is 0 Å². The second kappa shape index (κ2) is 4.10. The Balaban J connectivity index is 1.98. The SMILES string of the molecule is NC=CCC12CCCCC1c1ccccc1O2. The molecule has 3 rings (SSSR count). The van der Waals surface area contributed by atoms with Crippen LogP contribution in [0.3, 0.4) is 0 Å². The van der Waals surface area contributed by atoms with Crippen LogP contribution in [0.2, 0.25) is 0 Å². The van der Waals surface area contributed by atoms with Crippen molar-refractivity contribution < 1.29 is 4.74 Å². The normalized spacial score (nSPS) is 30.9. The van der Waals surface area contributed by atoms with Crippen molar-refractivity contribution in [1.82, 2.24) is 0 Å². The van der Waals surface area contributed by atoms with Gasteiger partial charge >= 0.3 is 0 Å². The lowest BCUT2D eigenvalue weighted by Gasteiger charge is -2.37. The molecule has 2 atom stereocenters. The molecule has 1 fully saturated rings. The second-order valence-electron chi connectivity index (χ2n) is 5.14. The van der Waals surface area contributed by atoms with E-state index in [9.17, 15) is 0 Å². The van der Waals surface area contributed by atoms with Crippen LogP contribution in [0.5, 0.6) is 5.75 Å². The van der Waals surface area contributed by atoms with E-state index >= 15 is 0 Å². The molecule has 90 valence electrons. The molecular weight excluding hydrogens is 210 g/mol. The standard InChI is InChI=1S/C15H19NO/c16-11-5-10-15-9-4-3-7-13(15)12-6-1-2-8-14(12)17-15/h1-2,5-6,8,11,13H,3-4,7,9-10,16H2. The Kier molecular flexibility index (Phi) is 2.58. The Bertz CT molecular complexity index is 440. The van der Waals surface area contributed by atoms with Crippen LogP contribution in [0.15, 0.2) is 36.5 Å². The van der Waals surface area contributed by atoms with Gasteiger partial charge in [0.25, 0.3) is 0 Å². The lowest BCUT2D eigenvalue weighted by atomic mass is 9.72.